The van der Waals surface area contributed by atoms with Crippen LogP contribution in [0.2, 0.25) is 0 Å². The minimum absolute atomic E-state index is 0.573. The van der Waals surface area contributed by atoms with E-state index in [0.29, 0.717) is 17.5 Å². The number of aromatic nitrogens is 4. The lowest BCUT2D eigenvalue weighted by Gasteiger charge is -2.10. The Morgan fingerprint density at radius 1 is 0.451 bits per heavy atom. The number of benzene rings is 7. The molecule has 0 spiro atoms. The van der Waals surface area contributed by atoms with Crippen LogP contribution in [0.5, 0.6) is 0 Å². The average Bonchev–Trinajstić information content (AvgIpc) is 3.86. The van der Waals surface area contributed by atoms with Crippen molar-refractivity contribution in [3.63, 3.8) is 0 Å². The van der Waals surface area contributed by atoms with Crippen molar-refractivity contribution in [1.82, 2.24) is 19.5 Å². The van der Waals surface area contributed by atoms with Crippen LogP contribution in [0.3, 0.4) is 0 Å². The minimum atomic E-state index is 0.573. The molecule has 0 bridgehead atoms. The van der Waals surface area contributed by atoms with Crippen LogP contribution in [-0.2, 0) is 0 Å². The van der Waals surface area contributed by atoms with Crippen molar-refractivity contribution in [1.29, 1.82) is 0 Å². The summed E-state index contributed by atoms with van der Waals surface area (Å²) in [5.74, 6) is 1.83. The van der Waals surface area contributed by atoms with Gasteiger partial charge in [-0.25, -0.2) is 15.0 Å². The van der Waals surface area contributed by atoms with E-state index < -0.39 is 0 Å². The van der Waals surface area contributed by atoms with E-state index in [1.54, 1.807) is 11.3 Å². The number of furan rings is 1. The molecule has 0 N–H and O–H groups in total. The van der Waals surface area contributed by atoms with Gasteiger partial charge in [-0.15, -0.1) is 11.3 Å². The second-order valence-corrected chi connectivity index (χ2v) is 13.9. The summed E-state index contributed by atoms with van der Waals surface area (Å²) >= 11 is 1.79. The number of nitrogens with zero attached hydrogens (tertiary/aromatic N) is 4. The van der Waals surface area contributed by atoms with E-state index in [4.69, 9.17) is 19.4 Å². The van der Waals surface area contributed by atoms with Gasteiger partial charge in [-0.1, -0.05) is 109 Å². The van der Waals surface area contributed by atoms with E-state index in [-0.39, 0.29) is 0 Å². The lowest BCUT2D eigenvalue weighted by Crippen LogP contribution is -2.00. The Labute approximate surface area is 295 Å². The molecule has 0 amide bonds. The van der Waals surface area contributed by atoms with Crippen LogP contribution in [0, 0.1) is 0 Å². The van der Waals surface area contributed by atoms with Gasteiger partial charge in [0, 0.05) is 64.6 Å². The first-order chi connectivity index (χ1) is 25.3. The SMILES string of the molecule is c1ccc(-c2nc(-c3cccc4c3oc3cc5c(cc34)c3ccccc3n5-c3ccccc3)nc(-c3cccc4sc5ccccc5c34)n2)cc1. The molecule has 0 aliphatic carbocycles. The van der Waals surface area contributed by atoms with E-state index >= 15 is 0 Å². The monoisotopic (exact) mass is 670 g/mol. The maximum absolute atomic E-state index is 6.83. The maximum Gasteiger partial charge on any atom is 0.167 e. The first kappa shape index (κ1) is 28.2. The van der Waals surface area contributed by atoms with Crippen molar-refractivity contribution < 1.29 is 4.42 Å². The van der Waals surface area contributed by atoms with E-state index in [1.807, 2.05) is 30.3 Å². The van der Waals surface area contributed by atoms with Crippen LogP contribution in [0.4, 0.5) is 0 Å². The van der Waals surface area contributed by atoms with Gasteiger partial charge in [0.2, 0.25) is 0 Å². The van der Waals surface area contributed by atoms with Crippen LogP contribution < -0.4 is 0 Å². The molecule has 0 aliphatic rings. The highest BCUT2D eigenvalue weighted by molar-refractivity contribution is 7.25. The highest BCUT2D eigenvalue weighted by Gasteiger charge is 2.21. The molecule has 0 unspecified atom stereocenters. The molecule has 0 fully saturated rings. The molecule has 4 heterocycles. The predicted octanol–water partition coefficient (Wildman–Crippen LogP) is 12.2. The molecule has 0 atom stereocenters. The Balaban J connectivity index is 1.17. The van der Waals surface area contributed by atoms with Gasteiger partial charge in [0.1, 0.15) is 11.2 Å². The zero-order chi connectivity index (χ0) is 33.5. The molecule has 51 heavy (non-hydrogen) atoms. The topological polar surface area (TPSA) is 56.7 Å². The number of para-hydroxylation sites is 3. The molecule has 5 nitrogen and oxygen atoms in total. The molecule has 0 radical (unpaired) electrons. The summed E-state index contributed by atoms with van der Waals surface area (Å²) in [5, 5.41) is 6.83. The van der Waals surface area contributed by atoms with Crippen molar-refractivity contribution in [3.05, 3.63) is 158 Å². The number of hydrogen-bond donors (Lipinski definition) is 0. The van der Waals surface area contributed by atoms with Gasteiger partial charge in [-0.2, -0.15) is 0 Å². The van der Waals surface area contributed by atoms with E-state index in [2.05, 4.69) is 132 Å². The third kappa shape index (κ3) is 4.30. The third-order valence-electron chi connectivity index (χ3n) is 9.86. The van der Waals surface area contributed by atoms with Crippen molar-refractivity contribution in [3.8, 4) is 39.9 Å². The Morgan fingerprint density at radius 3 is 1.96 bits per heavy atom. The summed E-state index contributed by atoms with van der Waals surface area (Å²) < 4.78 is 11.6. The molecular formula is C45H26N4OS. The zero-order valence-electron chi connectivity index (χ0n) is 27.1. The van der Waals surface area contributed by atoms with Gasteiger partial charge in [-0.3, -0.25) is 0 Å². The van der Waals surface area contributed by atoms with Crippen LogP contribution in [0.15, 0.2) is 162 Å². The number of rotatable bonds is 4. The molecule has 238 valence electrons. The van der Waals surface area contributed by atoms with Gasteiger partial charge in [0.05, 0.1) is 16.6 Å². The second-order valence-electron chi connectivity index (χ2n) is 12.8. The Bertz CT molecular complexity index is 3140. The fraction of sp³-hybridized carbons (Fsp3) is 0. The van der Waals surface area contributed by atoms with Crippen LogP contribution >= 0.6 is 11.3 Å². The molecule has 11 rings (SSSR count). The Kier molecular flexibility index (Phi) is 6.05. The fourth-order valence-electron chi connectivity index (χ4n) is 7.59. The lowest BCUT2D eigenvalue weighted by molar-refractivity contribution is 0.670. The Hall–Kier alpha value is -6.63. The molecular weight excluding hydrogens is 645 g/mol. The van der Waals surface area contributed by atoms with E-state index in [0.717, 1.165) is 60.7 Å². The normalized spacial score (nSPS) is 11.9. The quantitative estimate of drug-likeness (QED) is 0.187. The van der Waals surface area contributed by atoms with Gasteiger partial charge < -0.3 is 8.98 Å². The van der Waals surface area contributed by atoms with E-state index in [9.17, 15) is 0 Å². The van der Waals surface area contributed by atoms with Crippen LogP contribution in [-0.4, -0.2) is 19.5 Å². The number of hydrogen-bond acceptors (Lipinski definition) is 5. The molecule has 0 saturated heterocycles. The average molecular weight is 671 g/mol. The smallest absolute Gasteiger partial charge is 0.167 e. The molecule has 4 aromatic heterocycles. The minimum Gasteiger partial charge on any atom is -0.455 e. The summed E-state index contributed by atoms with van der Waals surface area (Å²) in [6, 6.07) is 54.9. The van der Waals surface area contributed by atoms with Crippen molar-refractivity contribution in [2.24, 2.45) is 0 Å². The first-order valence-corrected chi connectivity index (χ1v) is 17.8. The summed E-state index contributed by atoms with van der Waals surface area (Å²) in [7, 11) is 0. The van der Waals surface area contributed by atoms with Gasteiger partial charge in [0.15, 0.2) is 17.5 Å². The number of fused-ring (bicyclic) bond motifs is 9. The summed E-state index contributed by atoms with van der Waals surface area (Å²) in [5.41, 5.74) is 7.68. The van der Waals surface area contributed by atoms with Gasteiger partial charge >= 0.3 is 0 Å². The van der Waals surface area contributed by atoms with Crippen molar-refractivity contribution in [2.45, 2.75) is 0 Å². The summed E-state index contributed by atoms with van der Waals surface area (Å²) in [4.78, 5) is 15.4. The third-order valence-corrected chi connectivity index (χ3v) is 11.0. The highest BCUT2D eigenvalue weighted by atomic mass is 32.1. The summed E-state index contributed by atoms with van der Waals surface area (Å²) in [6.07, 6.45) is 0. The maximum atomic E-state index is 6.83. The standard InChI is InChI=1S/C45H26N4OS/c1-3-13-27(14-4-1)43-46-44(32-20-12-24-40-41(32)31-18-8-10-23-39(31)51-40)48-45(47-43)33-21-11-19-30-35-25-34-29-17-7-9-22-36(29)49(28-15-5-2-6-16-28)37(34)26-38(35)50-42(30)33/h1-26H. The van der Waals surface area contributed by atoms with Crippen LogP contribution in [0.1, 0.15) is 0 Å². The van der Waals surface area contributed by atoms with Gasteiger partial charge in [-0.05, 0) is 42.5 Å². The highest BCUT2D eigenvalue weighted by Crippen LogP contribution is 2.42. The fourth-order valence-corrected chi connectivity index (χ4v) is 8.72. The van der Waals surface area contributed by atoms with Crippen molar-refractivity contribution in [2.75, 3.05) is 0 Å². The first-order valence-electron chi connectivity index (χ1n) is 16.9. The Morgan fingerprint density at radius 2 is 1.10 bits per heavy atom. The van der Waals surface area contributed by atoms with Crippen LogP contribution in [0.25, 0.3) is 104 Å². The molecule has 0 saturated carbocycles. The van der Waals surface area contributed by atoms with E-state index in [1.165, 1.54) is 25.6 Å². The predicted molar refractivity (Wildman–Crippen MR) is 211 cm³/mol. The molecule has 6 heteroatoms. The van der Waals surface area contributed by atoms with Gasteiger partial charge in [0.25, 0.3) is 0 Å². The zero-order valence-corrected chi connectivity index (χ0v) is 27.9. The summed E-state index contributed by atoms with van der Waals surface area (Å²) in [6.45, 7) is 0. The second kappa shape index (κ2) is 10.9. The molecule has 0 aliphatic heterocycles. The molecule has 11 aromatic rings. The molecule has 7 aromatic carbocycles. The lowest BCUT2D eigenvalue weighted by atomic mass is 10.0. The largest absolute Gasteiger partial charge is 0.455 e. The van der Waals surface area contributed by atoms with Crippen molar-refractivity contribution >= 4 is 75.3 Å². The number of thiophene rings is 1.